The molecule has 0 saturated carbocycles. The van der Waals surface area contributed by atoms with Crippen LogP contribution in [0.25, 0.3) is 6.08 Å². The van der Waals surface area contributed by atoms with Crippen LogP contribution in [-0.2, 0) is 14.2 Å². The van der Waals surface area contributed by atoms with Crippen LogP contribution < -0.4 is 0 Å². The van der Waals surface area contributed by atoms with Crippen LogP contribution in [0.3, 0.4) is 0 Å². The van der Waals surface area contributed by atoms with Gasteiger partial charge >= 0.3 is 0 Å². The molecule has 20 heavy (non-hydrogen) atoms. The van der Waals surface area contributed by atoms with Gasteiger partial charge in [-0.05, 0) is 5.56 Å². The Kier molecular flexibility index (Phi) is 6.42. The lowest BCUT2D eigenvalue weighted by Crippen LogP contribution is -2.43. The van der Waals surface area contributed by atoms with Crippen LogP contribution in [0.15, 0.2) is 36.4 Å². The molecule has 104 valence electrons. The molecule has 5 heteroatoms. The average molecular weight is 272 g/mol. The summed E-state index contributed by atoms with van der Waals surface area (Å²) in [6.07, 6.45) is 2.57. The summed E-state index contributed by atoms with van der Waals surface area (Å²) in [5.74, 6) is 0. The van der Waals surface area contributed by atoms with E-state index in [-0.39, 0.29) is 6.79 Å². The quantitative estimate of drug-likeness (QED) is 0.711. The van der Waals surface area contributed by atoms with Crippen molar-refractivity contribution in [3.05, 3.63) is 42.0 Å². The van der Waals surface area contributed by atoms with Crippen LogP contribution in [0.5, 0.6) is 0 Å². The third kappa shape index (κ3) is 3.91. The number of ether oxygens (including phenoxy) is 3. The summed E-state index contributed by atoms with van der Waals surface area (Å²) in [4.78, 5) is 0. The van der Waals surface area contributed by atoms with Gasteiger partial charge in [-0.3, -0.25) is 0 Å². The predicted octanol–water partition coefficient (Wildman–Crippen LogP) is 2.12. The van der Waals surface area contributed by atoms with Gasteiger partial charge < -0.3 is 14.2 Å². The molecule has 0 bridgehead atoms. The summed E-state index contributed by atoms with van der Waals surface area (Å²) in [5, 5.41) is 18.5. The van der Waals surface area contributed by atoms with Crippen LogP contribution in [0.2, 0.25) is 0 Å². The van der Waals surface area contributed by atoms with Crippen LogP contribution in [0.1, 0.15) is 5.56 Å². The van der Waals surface area contributed by atoms with E-state index >= 15 is 0 Å². The van der Waals surface area contributed by atoms with Crippen LogP contribution in [0, 0.1) is 22.7 Å². The van der Waals surface area contributed by atoms with Crippen LogP contribution in [0.4, 0.5) is 0 Å². The Balaban J connectivity index is 2.95. The molecule has 1 aromatic carbocycles. The summed E-state index contributed by atoms with van der Waals surface area (Å²) in [7, 11) is 2.83. The van der Waals surface area contributed by atoms with Gasteiger partial charge in [-0.1, -0.05) is 42.5 Å². The molecule has 0 heterocycles. The van der Waals surface area contributed by atoms with Crippen molar-refractivity contribution in [2.45, 2.75) is 11.7 Å². The van der Waals surface area contributed by atoms with Crippen molar-refractivity contribution >= 4 is 6.08 Å². The third-order valence-corrected chi connectivity index (χ3v) is 2.65. The van der Waals surface area contributed by atoms with E-state index in [4.69, 9.17) is 14.2 Å². The molecule has 0 amide bonds. The number of hydrogen-bond donors (Lipinski definition) is 0. The smallest absolute Gasteiger partial charge is 0.273 e. The molecular formula is C15H16N2O3. The summed E-state index contributed by atoms with van der Waals surface area (Å²) in [6, 6.07) is 13.2. The number of benzene rings is 1. The van der Waals surface area contributed by atoms with E-state index in [9.17, 15) is 10.5 Å². The minimum absolute atomic E-state index is 0.167. The van der Waals surface area contributed by atoms with E-state index in [0.717, 1.165) is 5.56 Å². The number of rotatable bonds is 7. The van der Waals surface area contributed by atoms with Gasteiger partial charge in [-0.25, -0.2) is 0 Å². The van der Waals surface area contributed by atoms with E-state index < -0.39 is 11.7 Å². The SMILES string of the molecule is COCOC(C#N)(C#N)C(/C=C/c1ccccc1)OC. The largest absolute Gasteiger partial charge is 0.372 e. The van der Waals surface area contributed by atoms with E-state index in [0.29, 0.717) is 0 Å². The molecule has 0 N–H and O–H groups in total. The summed E-state index contributed by atoms with van der Waals surface area (Å²) in [6.45, 7) is -0.167. The molecule has 0 fully saturated rings. The van der Waals surface area contributed by atoms with Gasteiger partial charge in [0.05, 0.1) is 0 Å². The van der Waals surface area contributed by atoms with Gasteiger partial charge in [0.1, 0.15) is 25.0 Å². The Hall–Kier alpha value is -2.18. The fraction of sp³-hybridized carbons (Fsp3) is 0.333. The molecule has 0 aliphatic carbocycles. The van der Waals surface area contributed by atoms with Crippen molar-refractivity contribution in [1.29, 1.82) is 10.5 Å². The van der Waals surface area contributed by atoms with Crippen molar-refractivity contribution in [3.63, 3.8) is 0 Å². The van der Waals surface area contributed by atoms with E-state index in [1.807, 2.05) is 42.5 Å². The summed E-state index contributed by atoms with van der Waals surface area (Å²) in [5.41, 5.74) is -0.804. The molecule has 0 aliphatic heterocycles. The van der Waals surface area contributed by atoms with E-state index in [1.165, 1.54) is 14.2 Å². The maximum atomic E-state index is 9.23. The van der Waals surface area contributed by atoms with E-state index in [2.05, 4.69) is 0 Å². The Labute approximate surface area is 118 Å². The standard InChI is InChI=1S/C15H16N2O3/c1-18-12-20-15(10-16,11-17)14(19-2)9-8-13-6-4-3-5-7-13/h3-9,14H,12H2,1-2H3/b9-8+. The molecule has 1 rings (SSSR count). The van der Waals surface area contributed by atoms with Crippen LogP contribution >= 0.6 is 0 Å². The molecule has 0 spiro atoms. The van der Waals surface area contributed by atoms with Crippen molar-refractivity contribution in [1.82, 2.24) is 0 Å². The second-order valence-electron chi connectivity index (χ2n) is 3.94. The zero-order chi connectivity index (χ0) is 14.8. The van der Waals surface area contributed by atoms with Gasteiger partial charge in [0.2, 0.25) is 0 Å². The number of nitrogens with zero attached hydrogens (tertiary/aromatic N) is 2. The fourth-order valence-corrected chi connectivity index (χ4v) is 1.59. The first-order valence-electron chi connectivity index (χ1n) is 5.94. The highest BCUT2D eigenvalue weighted by Crippen LogP contribution is 2.20. The second-order valence-corrected chi connectivity index (χ2v) is 3.94. The summed E-state index contributed by atoms with van der Waals surface area (Å²) >= 11 is 0. The summed E-state index contributed by atoms with van der Waals surface area (Å²) < 4.78 is 15.2. The molecule has 0 radical (unpaired) electrons. The van der Waals surface area contributed by atoms with E-state index in [1.54, 1.807) is 12.2 Å². The molecule has 5 nitrogen and oxygen atoms in total. The Morgan fingerprint density at radius 3 is 2.35 bits per heavy atom. The van der Waals surface area contributed by atoms with Gasteiger partial charge in [-0.15, -0.1) is 0 Å². The minimum atomic E-state index is -1.74. The highest BCUT2D eigenvalue weighted by molar-refractivity contribution is 5.50. The maximum Gasteiger partial charge on any atom is 0.273 e. The van der Waals surface area contributed by atoms with Crippen molar-refractivity contribution < 1.29 is 14.2 Å². The van der Waals surface area contributed by atoms with Gasteiger partial charge in [-0.2, -0.15) is 10.5 Å². The molecule has 1 aromatic rings. The Morgan fingerprint density at radius 2 is 1.85 bits per heavy atom. The molecule has 0 aromatic heterocycles. The first-order chi connectivity index (χ1) is 9.72. The fourth-order valence-electron chi connectivity index (χ4n) is 1.59. The molecule has 1 atom stereocenters. The average Bonchev–Trinajstić information content (AvgIpc) is 2.52. The maximum absolute atomic E-state index is 9.23. The predicted molar refractivity (Wildman–Crippen MR) is 73.2 cm³/mol. The molecule has 0 saturated heterocycles. The zero-order valence-corrected chi connectivity index (χ0v) is 11.4. The van der Waals surface area contributed by atoms with Gasteiger partial charge in [0.25, 0.3) is 5.60 Å². The van der Waals surface area contributed by atoms with Crippen molar-refractivity contribution in [2.75, 3.05) is 21.0 Å². The second kappa shape index (κ2) is 8.08. The lowest BCUT2D eigenvalue weighted by atomic mass is 9.98. The normalized spacial score (nSPS) is 12.8. The zero-order valence-electron chi connectivity index (χ0n) is 11.4. The Bertz CT molecular complexity index is 500. The molecular weight excluding hydrogens is 256 g/mol. The van der Waals surface area contributed by atoms with Crippen molar-refractivity contribution in [3.8, 4) is 12.1 Å². The van der Waals surface area contributed by atoms with Gasteiger partial charge in [0.15, 0.2) is 0 Å². The number of methoxy groups -OCH3 is 2. The minimum Gasteiger partial charge on any atom is -0.372 e. The number of hydrogen-bond acceptors (Lipinski definition) is 5. The monoisotopic (exact) mass is 272 g/mol. The van der Waals surface area contributed by atoms with Crippen LogP contribution in [-0.4, -0.2) is 32.7 Å². The Morgan fingerprint density at radius 1 is 1.20 bits per heavy atom. The first kappa shape index (κ1) is 15.9. The highest BCUT2D eigenvalue weighted by Gasteiger charge is 2.40. The lowest BCUT2D eigenvalue weighted by molar-refractivity contribution is -0.119. The number of nitriles is 2. The topological polar surface area (TPSA) is 75.3 Å². The van der Waals surface area contributed by atoms with Crippen molar-refractivity contribution in [2.24, 2.45) is 0 Å². The lowest BCUT2D eigenvalue weighted by Gasteiger charge is -2.25. The molecule has 0 aliphatic rings. The molecule has 1 unspecified atom stereocenters. The first-order valence-corrected chi connectivity index (χ1v) is 5.94. The third-order valence-electron chi connectivity index (χ3n) is 2.65. The van der Waals surface area contributed by atoms with Gasteiger partial charge in [0, 0.05) is 14.2 Å². The highest BCUT2D eigenvalue weighted by atomic mass is 16.7.